The molecule has 1 atom stereocenters. The van der Waals surface area contributed by atoms with Crippen molar-refractivity contribution in [2.24, 2.45) is 0 Å². The molecule has 28 heavy (non-hydrogen) atoms. The quantitative estimate of drug-likeness (QED) is 0.412. The van der Waals surface area contributed by atoms with Gasteiger partial charge >= 0.3 is 0 Å². The fourth-order valence-electron chi connectivity index (χ4n) is 2.77. The lowest BCUT2D eigenvalue weighted by Crippen LogP contribution is -2.13. The number of nitrogens with zero attached hydrogens (tertiary/aromatic N) is 2. The van der Waals surface area contributed by atoms with Gasteiger partial charge in [-0.2, -0.15) is 0 Å². The van der Waals surface area contributed by atoms with Gasteiger partial charge in [0.25, 0.3) is 0 Å². The second-order valence-corrected chi connectivity index (χ2v) is 6.85. The van der Waals surface area contributed by atoms with E-state index in [4.69, 9.17) is 27.6 Å². The molecule has 0 saturated heterocycles. The Kier molecular flexibility index (Phi) is 5.28. The van der Waals surface area contributed by atoms with Crippen LogP contribution in [-0.4, -0.2) is 10.2 Å². The van der Waals surface area contributed by atoms with Crippen LogP contribution in [0.4, 0.5) is 10.1 Å². The third kappa shape index (κ3) is 3.86. The van der Waals surface area contributed by atoms with Gasteiger partial charge in [0.1, 0.15) is 11.9 Å². The van der Waals surface area contributed by atoms with Crippen LogP contribution in [-0.2, 0) is 0 Å². The van der Waals surface area contributed by atoms with Crippen LogP contribution in [0.15, 0.2) is 77.2 Å². The van der Waals surface area contributed by atoms with Crippen LogP contribution < -0.4 is 5.32 Å². The van der Waals surface area contributed by atoms with E-state index >= 15 is 0 Å². The highest BCUT2D eigenvalue weighted by Gasteiger charge is 2.23. The zero-order chi connectivity index (χ0) is 19.5. The van der Waals surface area contributed by atoms with Gasteiger partial charge in [-0.3, -0.25) is 0 Å². The number of rotatable bonds is 5. The molecular weight excluding hydrogens is 400 g/mol. The third-order valence-corrected chi connectivity index (χ3v) is 4.83. The molecule has 0 aliphatic heterocycles. The Morgan fingerprint density at radius 2 is 1.50 bits per heavy atom. The van der Waals surface area contributed by atoms with Crippen molar-refractivity contribution in [3.05, 3.63) is 100 Å². The summed E-state index contributed by atoms with van der Waals surface area (Å²) in [7, 11) is 0. The Bertz CT molecular complexity index is 1100. The maximum atomic E-state index is 13.4. The number of halogens is 3. The van der Waals surface area contributed by atoms with Gasteiger partial charge in [0.05, 0.1) is 21.3 Å². The molecule has 0 aliphatic carbocycles. The van der Waals surface area contributed by atoms with Crippen molar-refractivity contribution in [1.29, 1.82) is 0 Å². The normalized spacial score (nSPS) is 12.0. The van der Waals surface area contributed by atoms with E-state index in [0.717, 1.165) is 5.56 Å². The van der Waals surface area contributed by atoms with Crippen LogP contribution in [0.5, 0.6) is 0 Å². The molecule has 1 heterocycles. The molecule has 0 fully saturated rings. The summed E-state index contributed by atoms with van der Waals surface area (Å²) in [6.07, 6.45) is 0. The highest BCUT2D eigenvalue weighted by molar-refractivity contribution is 6.33. The van der Waals surface area contributed by atoms with E-state index < -0.39 is 6.04 Å². The topological polar surface area (TPSA) is 51.0 Å². The number of para-hydroxylation sites is 1. The van der Waals surface area contributed by atoms with Crippen molar-refractivity contribution in [3.63, 3.8) is 0 Å². The summed E-state index contributed by atoms with van der Waals surface area (Å²) in [5.74, 6) is 0.276. The summed E-state index contributed by atoms with van der Waals surface area (Å²) < 4.78 is 19.3. The highest BCUT2D eigenvalue weighted by atomic mass is 35.5. The summed E-state index contributed by atoms with van der Waals surface area (Å²) in [6, 6.07) is 20.1. The minimum Gasteiger partial charge on any atom is -0.418 e. The first kappa shape index (κ1) is 18.5. The highest BCUT2D eigenvalue weighted by Crippen LogP contribution is 2.32. The van der Waals surface area contributed by atoms with E-state index in [1.54, 1.807) is 30.3 Å². The second-order valence-electron chi connectivity index (χ2n) is 6.03. The SMILES string of the molecule is Fc1ccc(C(Nc2ccccc2Cl)c2nnc(-c3ccccc3Cl)o2)cc1. The van der Waals surface area contributed by atoms with Crippen molar-refractivity contribution >= 4 is 28.9 Å². The number of benzene rings is 3. The molecule has 0 amide bonds. The molecule has 1 N–H and O–H groups in total. The minimum atomic E-state index is -0.524. The summed E-state index contributed by atoms with van der Waals surface area (Å²) in [6.45, 7) is 0. The smallest absolute Gasteiger partial charge is 0.249 e. The zero-order valence-corrected chi connectivity index (χ0v) is 16.0. The first-order valence-corrected chi connectivity index (χ1v) is 9.22. The lowest BCUT2D eigenvalue weighted by Gasteiger charge is -2.18. The molecule has 4 aromatic rings. The third-order valence-electron chi connectivity index (χ3n) is 4.17. The lowest BCUT2D eigenvalue weighted by atomic mass is 10.1. The van der Waals surface area contributed by atoms with Crippen LogP contribution in [0, 0.1) is 5.82 Å². The largest absolute Gasteiger partial charge is 0.418 e. The fraction of sp³-hybridized carbons (Fsp3) is 0.0476. The molecule has 0 saturated carbocycles. The van der Waals surface area contributed by atoms with Gasteiger partial charge in [-0.25, -0.2) is 4.39 Å². The van der Waals surface area contributed by atoms with E-state index in [9.17, 15) is 4.39 Å². The van der Waals surface area contributed by atoms with Crippen LogP contribution in [0.3, 0.4) is 0 Å². The Morgan fingerprint density at radius 1 is 0.821 bits per heavy atom. The van der Waals surface area contributed by atoms with Crippen molar-refractivity contribution in [1.82, 2.24) is 10.2 Å². The van der Waals surface area contributed by atoms with Crippen molar-refractivity contribution in [2.75, 3.05) is 5.32 Å². The Morgan fingerprint density at radius 3 is 2.21 bits per heavy atom. The van der Waals surface area contributed by atoms with Crippen molar-refractivity contribution < 1.29 is 8.81 Å². The van der Waals surface area contributed by atoms with E-state index in [-0.39, 0.29) is 5.82 Å². The maximum Gasteiger partial charge on any atom is 0.249 e. The predicted octanol–water partition coefficient (Wildman–Crippen LogP) is 6.38. The van der Waals surface area contributed by atoms with E-state index in [1.165, 1.54) is 12.1 Å². The number of hydrogen-bond donors (Lipinski definition) is 1. The second kappa shape index (κ2) is 8.00. The molecule has 1 unspecified atom stereocenters. The summed E-state index contributed by atoms with van der Waals surface area (Å²) in [5, 5.41) is 12.7. The predicted molar refractivity (Wildman–Crippen MR) is 108 cm³/mol. The monoisotopic (exact) mass is 413 g/mol. The molecule has 4 nitrogen and oxygen atoms in total. The molecule has 0 aliphatic rings. The average Bonchev–Trinajstić information content (AvgIpc) is 3.18. The summed E-state index contributed by atoms with van der Waals surface area (Å²) in [4.78, 5) is 0. The first-order chi connectivity index (χ1) is 13.6. The molecule has 140 valence electrons. The van der Waals surface area contributed by atoms with Crippen LogP contribution in [0.25, 0.3) is 11.5 Å². The average molecular weight is 414 g/mol. The standard InChI is InChI=1S/C21H14Cl2FN3O/c22-16-6-2-1-5-15(16)20-26-27-21(28-20)19(13-9-11-14(24)12-10-13)25-18-8-4-3-7-17(18)23/h1-12,19,25H. The molecule has 4 rings (SSSR count). The van der Waals surface area contributed by atoms with E-state index in [0.29, 0.717) is 33.1 Å². The molecule has 3 aromatic carbocycles. The van der Waals surface area contributed by atoms with Crippen LogP contribution in [0.1, 0.15) is 17.5 Å². The minimum absolute atomic E-state index is 0.300. The van der Waals surface area contributed by atoms with E-state index in [2.05, 4.69) is 15.5 Å². The van der Waals surface area contributed by atoms with Gasteiger partial charge < -0.3 is 9.73 Å². The molecular formula is C21H14Cl2FN3O. The van der Waals surface area contributed by atoms with Gasteiger partial charge in [-0.1, -0.05) is 59.6 Å². The van der Waals surface area contributed by atoms with Gasteiger partial charge in [0, 0.05) is 0 Å². The van der Waals surface area contributed by atoms with Gasteiger partial charge in [0.2, 0.25) is 11.8 Å². The number of anilines is 1. The van der Waals surface area contributed by atoms with Gasteiger partial charge in [-0.05, 0) is 42.0 Å². The fourth-order valence-corrected chi connectivity index (χ4v) is 3.18. The first-order valence-electron chi connectivity index (χ1n) is 8.46. The molecule has 0 radical (unpaired) electrons. The van der Waals surface area contributed by atoms with Crippen molar-refractivity contribution in [3.8, 4) is 11.5 Å². The zero-order valence-electron chi connectivity index (χ0n) is 14.4. The Hall–Kier alpha value is -2.89. The maximum absolute atomic E-state index is 13.4. The van der Waals surface area contributed by atoms with Gasteiger partial charge in [-0.15, -0.1) is 10.2 Å². The Balaban J connectivity index is 1.74. The lowest BCUT2D eigenvalue weighted by molar-refractivity contribution is 0.494. The summed E-state index contributed by atoms with van der Waals surface area (Å²) >= 11 is 12.5. The van der Waals surface area contributed by atoms with Crippen LogP contribution in [0.2, 0.25) is 10.0 Å². The summed E-state index contributed by atoms with van der Waals surface area (Å²) in [5.41, 5.74) is 2.07. The number of nitrogens with one attached hydrogen (secondary N) is 1. The molecule has 7 heteroatoms. The molecule has 0 spiro atoms. The molecule has 0 bridgehead atoms. The van der Waals surface area contributed by atoms with Gasteiger partial charge in [0.15, 0.2) is 0 Å². The van der Waals surface area contributed by atoms with Crippen molar-refractivity contribution in [2.45, 2.75) is 6.04 Å². The molecule has 1 aromatic heterocycles. The number of hydrogen-bond acceptors (Lipinski definition) is 4. The Labute approximate surface area is 170 Å². The van der Waals surface area contributed by atoms with E-state index in [1.807, 2.05) is 30.3 Å². The van der Waals surface area contributed by atoms with Crippen LogP contribution >= 0.6 is 23.2 Å². The number of aromatic nitrogens is 2.